The first kappa shape index (κ1) is 19.2. The van der Waals surface area contributed by atoms with E-state index >= 15 is 0 Å². The summed E-state index contributed by atoms with van der Waals surface area (Å²) >= 11 is 0. The molecule has 0 aromatic heterocycles. The topological polar surface area (TPSA) is 44.8 Å². The molecule has 1 N–H and O–H groups in total. The van der Waals surface area contributed by atoms with Crippen LogP contribution in [0.3, 0.4) is 0 Å². The van der Waals surface area contributed by atoms with Crippen LogP contribution in [0, 0.1) is 0 Å². The van der Waals surface area contributed by atoms with E-state index in [-0.39, 0.29) is 11.6 Å². The van der Waals surface area contributed by atoms with Crippen molar-refractivity contribution < 1.29 is 9.53 Å². The molecule has 1 amide bonds. The minimum Gasteiger partial charge on any atom is -0.444 e. The predicted octanol–water partition coefficient (Wildman–Crippen LogP) is 2.90. The smallest absolute Gasteiger partial charge is 0.410 e. The fraction of sp³-hybridized carbons (Fsp3) is 0.667. The molecule has 0 radical (unpaired) electrons. The highest BCUT2D eigenvalue weighted by Crippen LogP contribution is 2.33. The maximum absolute atomic E-state index is 12.4. The van der Waals surface area contributed by atoms with Gasteiger partial charge >= 0.3 is 6.09 Å². The number of likely N-dealkylation sites (tertiary alicyclic amines) is 1. The Balaban J connectivity index is 1.71. The fourth-order valence-electron chi connectivity index (χ4n) is 4.15. The van der Waals surface area contributed by atoms with Crippen molar-refractivity contribution in [2.75, 3.05) is 39.3 Å². The van der Waals surface area contributed by atoms with Crippen LogP contribution >= 0.6 is 0 Å². The summed E-state index contributed by atoms with van der Waals surface area (Å²) in [4.78, 5) is 17.0. The van der Waals surface area contributed by atoms with Gasteiger partial charge in [-0.3, -0.25) is 4.90 Å². The first-order valence-corrected chi connectivity index (χ1v) is 9.86. The number of benzene rings is 1. The quantitative estimate of drug-likeness (QED) is 0.901. The van der Waals surface area contributed by atoms with Crippen LogP contribution < -0.4 is 5.32 Å². The number of piperazine rings is 1. The molecule has 2 heterocycles. The number of nitrogens with one attached hydrogen (secondary N) is 1. The Morgan fingerprint density at radius 1 is 1.08 bits per heavy atom. The summed E-state index contributed by atoms with van der Waals surface area (Å²) in [6, 6.07) is 10.8. The van der Waals surface area contributed by atoms with Crippen LogP contribution in [0.5, 0.6) is 0 Å². The lowest BCUT2D eigenvalue weighted by Gasteiger charge is -2.50. The Hall–Kier alpha value is -1.59. The lowest BCUT2D eigenvalue weighted by molar-refractivity contribution is -0.0107. The van der Waals surface area contributed by atoms with Crippen LogP contribution in [0.15, 0.2) is 30.3 Å². The number of hydrogen-bond donors (Lipinski definition) is 1. The van der Waals surface area contributed by atoms with Crippen LogP contribution in [0.2, 0.25) is 0 Å². The van der Waals surface area contributed by atoms with Crippen LogP contribution in [0.1, 0.15) is 39.2 Å². The third kappa shape index (κ3) is 4.77. The number of piperidine rings is 1. The van der Waals surface area contributed by atoms with Crippen LogP contribution in [-0.2, 0) is 11.2 Å². The van der Waals surface area contributed by atoms with Gasteiger partial charge in [-0.15, -0.1) is 0 Å². The summed E-state index contributed by atoms with van der Waals surface area (Å²) in [7, 11) is 0. The van der Waals surface area contributed by atoms with Gasteiger partial charge in [-0.25, -0.2) is 4.79 Å². The first-order chi connectivity index (χ1) is 12.4. The SMILES string of the molecule is CC(C)(C)OC(=O)N1CCC(Cc2ccccc2)(N2CCNCC2)CC1. The molecule has 2 fully saturated rings. The minimum atomic E-state index is -0.436. The third-order valence-corrected chi connectivity index (χ3v) is 5.51. The van der Waals surface area contributed by atoms with Gasteiger partial charge in [-0.1, -0.05) is 30.3 Å². The van der Waals surface area contributed by atoms with E-state index < -0.39 is 5.60 Å². The van der Waals surface area contributed by atoms with E-state index in [9.17, 15) is 4.79 Å². The summed E-state index contributed by atoms with van der Waals surface area (Å²) < 4.78 is 5.57. The molecule has 0 atom stereocenters. The zero-order valence-electron chi connectivity index (χ0n) is 16.5. The summed E-state index contributed by atoms with van der Waals surface area (Å²) in [6.45, 7) is 11.6. The minimum absolute atomic E-state index is 0.141. The second-order valence-corrected chi connectivity index (χ2v) is 8.59. The van der Waals surface area contributed by atoms with Gasteiger partial charge in [0.2, 0.25) is 0 Å². The van der Waals surface area contributed by atoms with Gasteiger partial charge in [-0.2, -0.15) is 0 Å². The molecular weight excluding hydrogens is 326 g/mol. The van der Waals surface area contributed by atoms with Gasteiger partial charge in [0.15, 0.2) is 0 Å². The highest BCUT2D eigenvalue weighted by Gasteiger charge is 2.41. The van der Waals surface area contributed by atoms with Crippen molar-refractivity contribution in [3.8, 4) is 0 Å². The molecule has 0 spiro atoms. The Labute approximate surface area is 157 Å². The van der Waals surface area contributed by atoms with Crippen molar-refractivity contribution >= 4 is 6.09 Å². The third-order valence-electron chi connectivity index (χ3n) is 5.51. The standard InChI is InChI=1S/C21H33N3O2/c1-20(2,3)26-19(25)23-13-9-21(10-14-23,24-15-11-22-12-16-24)17-18-7-5-4-6-8-18/h4-8,22H,9-17H2,1-3H3. The van der Waals surface area contributed by atoms with Crippen LogP contribution in [-0.4, -0.2) is 66.3 Å². The van der Waals surface area contributed by atoms with E-state index in [4.69, 9.17) is 4.74 Å². The number of nitrogens with zero attached hydrogens (tertiary/aromatic N) is 2. The normalized spacial score (nSPS) is 21.4. The molecule has 1 aromatic rings. The molecule has 5 nitrogen and oxygen atoms in total. The van der Waals surface area contributed by atoms with Crippen molar-refractivity contribution in [3.05, 3.63) is 35.9 Å². The maximum Gasteiger partial charge on any atom is 0.410 e. The highest BCUT2D eigenvalue weighted by atomic mass is 16.6. The molecule has 2 aliphatic rings. The Bertz CT molecular complexity index is 583. The molecular formula is C21H33N3O2. The number of hydrogen-bond acceptors (Lipinski definition) is 4. The summed E-state index contributed by atoms with van der Waals surface area (Å²) in [6.07, 6.45) is 2.88. The molecule has 2 saturated heterocycles. The number of rotatable bonds is 3. The number of carbonyl (C=O) groups is 1. The molecule has 26 heavy (non-hydrogen) atoms. The molecule has 0 unspecified atom stereocenters. The van der Waals surface area contributed by atoms with Gasteiger partial charge in [-0.05, 0) is 45.6 Å². The number of ether oxygens (including phenoxy) is 1. The second kappa shape index (κ2) is 7.97. The lowest BCUT2D eigenvalue weighted by Crippen LogP contribution is -2.61. The molecule has 0 bridgehead atoms. The zero-order chi connectivity index (χ0) is 18.6. The second-order valence-electron chi connectivity index (χ2n) is 8.59. The first-order valence-electron chi connectivity index (χ1n) is 9.86. The average Bonchev–Trinajstić information content (AvgIpc) is 2.62. The van der Waals surface area contributed by atoms with Gasteiger partial charge in [0.1, 0.15) is 5.60 Å². The monoisotopic (exact) mass is 359 g/mol. The van der Waals surface area contributed by atoms with Crippen molar-refractivity contribution in [1.82, 2.24) is 15.1 Å². The fourth-order valence-corrected chi connectivity index (χ4v) is 4.15. The number of amides is 1. The zero-order valence-corrected chi connectivity index (χ0v) is 16.5. The summed E-state index contributed by atoms with van der Waals surface area (Å²) in [5.41, 5.74) is 1.09. The van der Waals surface area contributed by atoms with E-state index in [1.165, 1.54) is 5.56 Å². The van der Waals surface area contributed by atoms with Crippen molar-refractivity contribution in [1.29, 1.82) is 0 Å². The van der Waals surface area contributed by atoms with Gasteiger partial charge in [0.25, 0.3) is 0 Å². The lowest BCUT2D eigenvalue weighted by atomic mass is 9.80. The van der Waals surface area contributed by atoms with Crippen molar-refractivity contribution in [3.63, 3.8) is 0 Å². The molecule has 5 heteroatoms. The summed E-state index contributed by atoms with van der Waals surface area (Å²) in [5, 5.41) is 3.46. The molecule has 1 aromatic carbocycles. The maximum atomic E-state index is 12.4. The Morgan fingerprint density at radius 2 is 1.69 bits per heavy atom. The molecule has 3 rings (SSSR count). The highest BCUT2D eigenvalue weighted by molar-refractivity contribution is 5.68. The van der Waals surface area contributed by atoms with E-state index in [0.29, 0.717) is 0 Å². The average molecular weight is 360 g/mol. The van der Waals surface area contributed by atoms with Gasteiger partial charge in [0, 0.05) is 44.8 Å². The van der Waals surface area contributed by atoms with Crippen molar-refractivity contribution in [2.24, 2.45) is 0 Å². The molecule has 0 saturated carbocycles. The van der Waals surface area contributed by atoms with E-state index in [1.807, 2.05) is 25.7 Å². The van der Waals surface area contributed by atoms with Crippen molar-refractivity contribution in [2.45, 2.75) is 51.2 Å². The summed E-state index contributed by atoms with van der Waals surface area (Å²) in [5.74, 6) is 0. The Morgan fingerprint density at radius 3 is 2.27 bits per heavy atom. The van der Waals surface area contributed by atoms with E-state index in [2.05, 4.69) is 40.5 Å². The van der Waals surface area contributed by atoms with Gasteiger partial charge in [0.05, 0.1) is 0 Å². The predicted molar refractivity (Wildman–Crippen MR) is 104 cm³/mol. The van der Waals surface area contributed by atoms with Gasteiger partial charge < -0.3 is 15.0 Å². The van der Waals surface area contributed by atoms with E-state index in [1.54, 1.807) is 0 Å². The van der Waals surface area contributed by atoms with Crippen LogP contribution in [0.4, 0.5) is 4.79 Å². The Kier molecular flexibility index (Phi) is 5.88. The van der Waals surface area contributed by atoms with E-state index in [0.717, 1.165) is 58.5 Å². The molecule has 144 valence electrons. The number of carbonyl (C=O) groups excluding carboxylic acids is 1. The van der Waals surface area contributed by atoms with Crippen LogP contribution in [0.25, 0.3) is 0 Å². The molecule has 0 aliphatic carbocycles. The largest absolute Gasteiger partial charge is 0.444 e. The molecule has 2 aliphatic heterocycles.